The number of rotatable bonds is 7. The van der Waals surface area contributed by atoms with E-state index in [0.717, 1.165) is 36.9 Å². The van der Waals surface area contributed by atoms with Crippen LogP contribution in [-0.2, 0) is 13.1 Å². The molecule has 3 nitrogen and oxygen atoms in total. The van der Waals surface area contributed by atoms with Crippen LogP contribution in [0.1, 0.15) is 24.6 Å². The Morgan fingerprint density at radius 3 is 3.00 bits per heavy atom. The second-order valence-electron chi connectivity index (χ2n) is 4.29. The summed E-state index contributed by atoms with van der Waals surface area (Å²) in [6.45, 7) is 5.03. The summed E-state index contributed by atoms with van der Waals surface area (Å²) in [7, 11) is 2.10. The smallest absolute Gasteiger partial charge is 0.185 e. The van der Waals surface area contributed by atoms with E-state index in [1.165, 1.54) is 5.56 Å². The molecule has 5 heteroatoms. The molecule has 0 aliphatic rings. The Bertz CT molecular complexity index is 451. The third kappa shape index (κ3) is 3.80. The van der Waals surface area contributed by atoms with Crippen molar-refractivity contribution in [2.75, 3.05) is 18.5 Å². The minimum absolute atomic E-state index is 0.872. The summed E-state index contributed by atoms with van der Waals surface area (Å²) in [5.74, 6) is 0. The van der Waals surface area contributed by atoms with E-state index in [0.29, 0.717) is 0 Å². The van der Waals surface area contributed by atoms with Crippen LogP contribution in [0.5, 0.6) is 0 Å². The second-order valence-corrected chi connectivity index (χ2v) is 5.90. The molecular weight excluding hydrogens is 262 g/mol. The van der Waals surface area contributed by atoms with Crippen molar-refractivity contribution in [1.29, 1.82) is 0 Å². The van der Waals surface area contributed by atoms with Gasteiger partial charge in [-0.05, 0) is 35.4 Å². The van der Waals surface area contributed by atoms with E-state index in [1.54, 1.807) is 22.7 Å². The second kappa shape index (κ2) is 6.87. The van der Waals surface area contributed by atoms with E-state index in [-0.39, 0.29) is 0 Å². The van der Waals surface area contributed by atoms with Gasteiger partial charge in [-0.25, -0.2) is 4.98 Å². The largest absolute Gasteiger partial charge is 0.347 e. The number of hydrogen-bond donors (Lipinski definition) is 1. The van der Waals surface area contributed by atoms with Gasteiger partial charge in [0, 0.05) is 25.5 Å². The van der Waals surface area contributed by atoms with Crippen molar-refractivity contribution in [3.05, 3.63) is 33.5 Å². The number of nitrogens with one attached hydrogen (secondary N) is 1. The van der Waals surface area contributed by atoms with Gasteiger partial charge in [-0.2, -0.15) is 11.3 Å². The highest BCUT2D eigenvalue weighted by Crippen LogP contribution is 2.21. The molecule has 0 fully saturated rings. The normalized spacial score (nSPS) is 10.8. The average molecular weight is 281 g/mol. The van der Waals surface area contributed by atoms with Crippen LogP contribution in [0.3, 0.4) is 0 Å². The van der Waals surface area contributed by atoms with Crippen LogP contribution in [0.4, 0.5) is 5.13 Å². The van der Waals surface area contributed by atoms with Gasteiger partial charge in [0.05, 0.1) is 5.69 Å². The standard InChI is InChI=1S/C13H19N3S2/c1-3-5-14-7-12-10-18-13(15-12)16(2)8-11-4-6-17-9-11/h4,6,9-10,14H,3,5,7-8H2,1-2H3. The topological polar surface area (TPSA) is 28.2 Å². The molecule has 1 N–H and O–H groups in total. The Balaban J connectivity index is 1.88. The maximum absolute atomic E-state index is 4.65. The predicted molar refractivity (Wildman–Crippen MR) is 80.5 cm³/mol. The van der Waals surface area contributed by atoms with Crippen molar-refractivity contribution in [2.45, 2.75) is 26.4 Å². The van der Waals surface area contributed by atoms with Crippen molar-refractivity contribution in [3.8, 4) is 0 Å². The van der Waals surface area contributed by atoms with Gasteiger partial charge >= 0.3 is 0 Å². The first-order chi connectivity index (χ1) is 8.79. The molecular formula is C13H19N3S2. The van der Waals surface area contributed by atoms with Crippen LogP contribution in [0.25, 0.3) is 0 Å². The highest BCUT2D eigenvalue weighted by Gasteiger charge is 2.07. The quantitative estimate of drug-likeness (QED) is 0.789. The highest BCUT2D eigenvalue weighted by molar-refractivity contribution is 7.13. The summed E-state index contributed by atoms with van der Waals surface area (Å²) in [4.78, 5) is 6.85. The van der Waals surface area contributed by atoms with E-state index >= 15 is 0 Å². The molecule has 0 aliphatic heterocycles. The first-order valence-corrected chi connectivity index (χ1v) is 7.99. The van der Waals surface area contributed by atoms with Gasteiger partial charge in [0.25, 0.3) is 0 Å². The van der Waals surface area contributed by atoms with Gasteiger partial charge in [0.1, 0.15) is 0 Å². The number of thiophene rings is 1. The molecule has 0 bridgehead atoms. The summed E-state index contributed by atoms with van der Waals surface area (Å²) in [5.41, 5.74) is 2.49. The lowest BCUT2D eigenvalue weighted by Gasteiger charge is -2.14. The van der Waals surface area contributed by atoms with Crippen LogP contribution >= 0.6 is 22.7 Å². The molecule has 2 rings (SSSR count). The molecule has 0 atom stereocenters. The molecule has 0 aliphatic carbocycles. The van der Waals surface area contributed by atoms with Gasteiger partial charge in [-0.3, -0.25) is 0 Å². The van der Waals surface area contributed by atoms with E-state index in [4.69, 9.17) is 0 Å². The first-order valence-electron chi connectivity index (χ1n) is 6.17. The number of hydrogen-bond acceptors (Lipinski definition) is 5. The van der Waals surface area contributed by atoms with E-state index in [9.17, 15) is 0 Å². The molecule has 0 unspecified atom stereocenters. The predicted octanol–water partition coefficient (Wildman–Crippen LogP) is 3.34. The van der Waals surface area contributed by atoms with Crippen LogP contribution in [0.15, 0.2) is 22.2 Å². The number of anilines is 1. The number of aromatic nitrogens is 1. The van der Waals surface area contributed by atoms with Gasteiger partial charge in [-0.15, -0.1) is 11.3 Å². The lowest BCUT2D eigenvalue weighted by Crippen LogP contribution is -2.17. The van der Waals surface area contributed by atoms with Gasteiger partial charge in [-0.1, -0.05) is 6.92 Å². The van der Waals surface area contributed by atoms with E-state index in [2.05, 4.69) is 51.4 Å². The summed E-state index contributed by atoms with van der Waals surface area (Å²) >= 11 is 3.46. The van der Waals surface area contributed by atoms with Crippen molar-refractivity contribution in [3.63, 3.8) is 0 Å². The minimum atomic E-state index is 0.872. The zero-order chi connectivity index (χ0) is 12.8. The molecule has 2 aromatic rings. The molecule has 0 radical (unpaired) electrons. The molecule has 0 aromatic carbocycles. The monoisotopic (exact) mass is 281 g/mol. The Morgan fingerprint density at radius 2 is 2.28 bits per heavy atom. The highest BCUT2D eigenvalue weighted by atomic mass is 32.1. The molecule has 98 valence electrons. The fourth-order valence-electron chi connectivity index (χ4n) is 1.67. The summed E-state index contributed by atoms with van der Waals surface area (Å²) < 4.78 is 0. The SMILES string of the molecule is CCCNCc1csc(N(C)Cc2ccsc2)n1. The van der Waals surface area contributed by atoms with E-state index < -0.39 is 0 Å². The number of thiazole rings is 1. The Kier molecular flexibility index (Phi) is 5.16. The van der Waals surface area contributed by atoms with E-state index in [1.807, 2.05) is 0 Å². The third-order valence-electron chi connectivity index (χ3n) is 2.60. The van der Waals surface area contributed by atoms with Crippen molar-refractivity contribution in [2.24, 2.45) is 0 Å². The average Bonchev–Trinajstić information content (AvgIpc) is 3.00. The van der Waals surface area contributed by atoms with Crippen LogP contribution in [-0.4, -0.2) is 18.6 Å². The molecule has 0 amide bonds. The molecule has 0 saturated carbocycles. The van der Waals surface area contributed by atoms with Gasteiger partial charge < -0.3 is 10.2 Å². The lowest BCUT2D eigenvalue weighted by molar-refractivity contribution is 0.666. The minimum Gasteiger partial charge on any atom is -0.347 e. The molecule has 0 spiro atoms. The van der Waals surface area contributed by atoms with Gasteiger partial charge in [0.2, 0.25) is 0 Å². The van der Waals surface area contributed by atoms with Crippen molar-refractivity contribution in [1.82, 2.24) is 10.3 Å². The Morgan fingerprint density at radius 1 is 1.39 bits per heavy atom. The summed E-state index contributed by atoms with van der Waals surface area (Å²) in [5, 5.41) is 10.9. The van der Waals surface area contributed by atoms with Crippen LogP contribution in [0.2, 0.25) is 0 Å². The molecule has 0 saturated heterocycles. The molecule has 2 aromatic heterocycles. The fourth-order valence-corrected chi connectivity index (χ4v) is 3.12. The maximum Gasteiger partial charge on any atom is 0.185 e. The zero-order valence-electron chi connectivity index (χ0n) is 10.8. The Hall–Kier alpha value is -0.910. The van der Waals surface area contributed by atoms with Gasteiger partial charge in [0.15, 0.2) is 5.13 Å². The van der Waals surface area contributed by atoms with Crippen LogP contribution in [0, 0.1) is 0 Å². The summed E-state index contributed by atoms with van der Waals surface area (Å²) in [6, 6.07) is 2.17. The maximum atomic E-state index is 4.65. The van der Waals surface area contributed by atoms with Crippen LogP contribution < -0.4 is 10.2 Å². The lowest BCUT2D eigenvalue weighted by atomic mass is 10.3. The fraction of sp³-hybridized carbons (Fsp3) is 0.462. The zero-order valence-corrected chi connectivity index (χ0v) is 12.5. The van der Waals surface area contributed by atoms with Crippen molar-refractivity contribution >= 4 is 27.8 Å². The van der Waals surface area contributed by atoms with Crippen molar-refractivity contribution < 1.29 is 0 Å². The summed E-state index contributed by atoms with van der Waals surface area (Å²) in [6.07, 6.45) is 1.16. The number of nitrogens with zero attached hydrogens (tertiary/aromatic N) is 2. The Labute approximate surface area is 116 Å². The molecule has 2 heterocycles. The third-order valence-corrected chi connectivity index (χ3v) is 4.33. The first kappa shape index (κ1) is 13.5. The molecule has 18 heavy (non-hydrogen) atoms.